The maximum absolute atomic E-state index is 5.74. The van der Waals surface area contributed by atoms with Gasteiger partial charge in [-0.15, -0.1) is 0 Å². The average molecular weight is 229 g/mol. The fourth-order valence-electron chi connectivity index (χ4n) is 1.54. The Morgan fingerprint density at radius 3 is 2.50 bits per heavy atom. The van der Waals surface area contributed by atoms with Gasteiger partial charge in [0, 0.05) is 16.3 Å². The van der Waals surface area contributed by atoms with E-state index in [0.29, 0.717) is 6.54 Å². The fourth-order valence-corrected chi connectivity index (χ4v) is 2.62. The molecule has 0 atom stereocenters. The van der Waals surface area contributed by atoms with Crippen LogP contribution in [0.2, 0.25) is 0 Å². The lowest BCUT2D eigenvalue weighted by Crippen LogP contribution is -1.98. The van der Waals surface area contributed by atoms with Crippen molar-refractivity contribution in [3.05, 3.63) is 59.7 Å². The van der Waals surface area contributed by atoms with Crippen molar-refractivity contribution < 1.29 is 0 Å². The van der Waals surface area contributed by atoms with Crippen molar-refractivity contribution in [2.24, 2.45) is 5.73 Å². The molecule has 0 fully saturated rings. The molecule has 2 N–H and O–H groups in total. The summed E-state index contributed by atoms with van der Waals surface area (Å²) in [6, 6.07) is 16.8. The van der Waals surface area contributed by atoms with Crippen molar-refractivity contribution in [3.8, 4) is 0 Å². The standard InChI is InChI=1S/C14H15NS/c1-11-7-8-12(10-15)14(9-11)16-13-5-3-2-4-6-13/h2-9H,10,15H2,1H3. The summed E-state index contributed by atoms with van der Waals surface area (Å²) in [4.78, 5) is 2.51. The van der Waals surface area contributed by atoms with Crippen LogP contribution in [0.5, 0.6) is 0 Å². The molecule has 16 heavy (non-hydrogen) atoms. The van der Waals surface area contributed by atoms with Gasteiger partial charge in [0.15, 0.2) is 0 Å². The second kappa shape index (κ2) is 5.19. The molecular weight excluding hydrogens is 214 g/mol. The molecule has 0 aliphatic heterocycles. The van der Waals surface area contributed by atoms with Gasteiger partial charge in [-0.1, -0.05) is 42.1 Å². The first kappa shape index (κ1) is 11.2. The highest BCUT2D eigenvalue weighted by atomic mass is 32.2. The molecule has 0 spiro atoms. The first-order valence-corrected chi connectivity index (χ1v) is 6.14. The lowest BCUT2D eigenvalue weighted by molar-refractivity contribution is 1.02. The molecule has 2 rings (SSSR count). The van der Waals surface area contributed by atoms with Gasteiger partial charge in [0.1, 0.15) is 0 Å². The van der Waals surface area contributed by atoms with Crippen molar-refractivity contribution in [2.75, 3.05) is 0 Å². The Morgan fingerprint density at radius 2 is 1.81 bits per heavy atom. The number of hydrogen-bond donors (Lipinski definition) is 1. The second-order valence-electron chi connectivity index (χ2n) is 3.73. The van der Waals surface area contributed by atoms with E-state index in [1.165, 1.54) is 20.9 Å². The zero-order valence-corrected chi connectivity index (χ0v) is 10.1. The molecule has 0 aromatic heterocycles. The van der Waals surface area contributed by atoms with Gasteiger partial charge in [0.2, 0.25) is 0 Å². The minimum atomic E-state index is 0.593. The van der Waals surface area contributed by atoms with Gasteiger partial charge in [0.05, 0.1) is 0 Å². The van der Waals surface area contributed by atoms with Gasteiger partial charge in [0.25, 0.3) is 0 Å². The first-order valence-electron chi connectivity index (χ1n) is 5.32. The van der Waals surface area contributed by atoms with Crippen LogP contribution >= 0.6 is 11.8 Å². The molecular formula is C14H15NS. The molecule has 0 bridgehead atoms. The number of nitrogens with two attached hydrogens (primary N) is 1. The predicted molar refractivity (Wildman–Crippen MR) is 69.6 cm³/mol. The van der Waals surface area contributed by atoms with Crippen molar-refractivity contribution in [3.63, 3.8) is 0 Å². The van der Waals surface area contributed by atoms with Gasteiger partial charge >= 0.3 is 0 Å². The Hall–Kier alpha value is -1.25. The van der Waals surface area contributed by atoms with Crippen LogP contribution in [0.15, 0.2) is 58.3 Å². The fraction of sp³-hybridized carbons (Fsp3) is 0.143. The van der Waals surface area contributed by atoms with Crippen LogP contribution in [-0.4, -0.2) is 0 Å². The molecule has 0 saturated carbocycles. The number of rotatable bonds is 3. The Morgan fingerprint density at radius 1 is 1.06 bits per heavy atom. The van der Waals surface area contributed by atoms with Crippen LogP contribution in [0.25, 0.3) is 0 Å². The normalized spacial score (nSPS) is 10.4. The third-order valence-corrected chi connectivity index (χ3v) is 3.52. The van der Waals surface area contributed by atoms with Crippen LogP contribution in [0, 0.1) is 6.92 Å². The van der Waals surface area contributed by atoms with Crippen molar-refractivity contribution >= 4 is 11.8 Å². The number of aryl methyl sites for hydroxylation is 1. The van der Waals surface area contributed by atoms with Crippen molar-refractivity contribution in [2.45, 2.75) is 23.3 Å². The van der Waals surface area contributed by atoms with Crippen LogP contribution in [0.3, 0.4) is 0 Å². The molecule has 2 aromatic carbocycles. The molecule has 0 unspecified atom stereocenters. The van der Waals surface area contributed by atoms with Gasteiger partial charge in [-0.3, -0.25) is 0 Å². The summed E-state index contributed by atoms with van der Waals surface area (Å²) in [6.07, 6.45) is 0. The van der Waals surface area contributed by atoms with E-state index in [2.05, 4.69) is 49.4 Å². The molecule has 2 heteroatoms. The van der Waals surface area contributed by atoms with Crippen LogP contribution in [-0.2, 0) is 6.54 Å². The predicted octanol–water partition coefficient (Wildman–Crippen LogP) is 3.60. The average Bonchev–Trinajstić information content (AvgIpc) is 2.31. The van der Waals surface area contributed by atoms with E-state index in [1.807, 2.05) is 6.07 Å². The lowest BCUT2D eigenvalue weighted by Gasteiger charge is -2.08. The molecule has 2 aromatic rings. The third kappa shape index (κ3) is 2.65. The largest absolute Gasteiger partial charge is 0.326 e. The zero-order chi connectivity index (χ0) is 11.4. The van der Waals surface area contributed by atoms with E-state index in [4.69, 9.17) is 5.73 Å². The highest BCUT2D eigenvalue weighted by molar-refractivity contribution is 7.99. The number of benzene rings is 2. The summed E-state index contributed by atoms with van der Waals surface area (Å²) in [5.74, 6) is 0. The quantitative estimate of drug-likeness (QED) is 0.870. The topological polar surface area (TPSA) is 26.0 Å². The van der Waals surface area contributed by atoms with E-state index >= 15 is 0 Å². The Bertz CT molecular complexity index is 465. The summed E-state index contributed by atoms with van der Waals surface area (Å²) in [5, 5.41) is 0. The smallest absolute Gasteiger partial charge is 0.0189 e. The zero-order valence-electron chi connectivity index (χ0n) is 9.31. The molecule has 0 aliphatic carbocycles. The van der Waals surface area contributed by atoms with Crippen molar-refractivity contribution in [1.29, 1.82) is 0 Å². The SMILES string of the molecule is Cc1ccc(CN)c(Sc2ccccc2)c1. The molecule has 0 amide bonds. The summed E-state index contributed by atoms with van der Waals surface area (Å²) < 4.78 is 0. The summed E-state index contributed by atoms with van der Waals surface area (Å²) in [6.45, 7) is 2.70. The minimum absolute atomic E-state index is 0.593. The van der Waals surface area contributed by atoms with Crippen LogP contribution in [0.1, 0.15) is 11.1 Å². The van der Waals surface area contributed by atoms with Crippen molar-refractivity contribution in [1.82, 2.24) is 0 Å². The van der Waals surface area contributed by atoms with Gasteiger partial charge in [-0.05, 0) is 36.2 Å². The molecule has 0 saturated heterocycles. The summed E-state index contributed by atoms with van der Waals surface area (Å²) >= 11 is 1.77. The second-order valence-corrected chi connectivity index (χ2v) is 4.85. The van der Waals surface area contributed by atoms with E-state index < -0.39 is 0 Å². The minimum Gasteiger partial charge on any atom is -0.326 e. The molecule has 0 aliphatic rings. The summed E-state index contributed by atoms with van der Waals surface area (Å²) in [7, 11) is 0. The van der Waals surface area contributed by atoms with Gasteiger partial charge < -0.3 is 5.73 Å². The third-order valence-electron chi connectivity index (χ3n) is 2.41. The van der Waals surface area contributed by atoms with Gasteiger partial charge in [-0.2, -0.15) is 0 Å². The lowest BCUT2D eigenvalue weighted by atomic mass is 10.1. The highest BCUT2D eigenvalue weighted by Crippen LogP contribution is 2.30. The van der Waals surface area contributed by atoms with E-state index in [9.17, 15) is 0 Å². The van der Waals surface area contributed by atoms with E-state index in [-0.39, 0.29) is 0 Å². The Kier molecular flexibility index (Phi) is 3.65. The first-order chi connectivity index (χ1) is 7.79. The highest BCUT2D eigenvalue weighted by Gasteiger charge is 2.03. The Labute approximate surface area is 101 Å². The Balaban J connectivity index is 2.30. The summed E-state index contributed by atoms with van der Waals surface area (Å²) in [5.41, 5.74) is 8.22. The number of hydrogen-bond acceptors (Lipinski definition) is 2. The van der Waals surface area contributed by atoms with E-state index in [1.54, 1.807) is 11.8 Å². The van der Waals surface area contributed by atoms with Crippen LogP contribution in [0.4, 0.5) is 0 Å². The monoisotopic (exact) mass is 229 g/mol. The molecule has 82 valence electrons. The van der Waals surface area contributed by atoms with E-state index in [0.717, 1.165) is 0 Å². The van der Waals surface area contributed by atoms with Crippen LogP contribution < -0.4 is 5.73 Å². The molecule has 0 heterocycles. The molecule has 0 radical (unpaired) electrons. The maximum atomic E-state index is 5.74. The maximum Gasteiger partial charge on any atom is 0.0189 e. The molecule has 1 nitrogen and oxygen atoms in total. The van der Waals surface area contributed by atoms with Gasteiger partial charge in [-0.25, -0.2) is 0 Å².